The van der Waals surface area contributed by atoms with Crippen molar-refractivity contribution in [1.82, 2.24) is 15.0 Å². The van der Waals surface area contributed by atoms with Crippen molar-refractivity contribution in [2.45, 2.75) is 39.7 Å². The summed E-state index contributed by atoms with van der Waals surface area (Å²) in [5.41, 5.74) is 1.42. The fraction of sp³-hybridized carbons (Fsp3) is 0.400. The van der Waals surface area contributed by atoms with Gasteiger partial charge in [-0.3, -0.25) is 4.79 Å². The number of nitrogens with one attached hydrogen (secondary N) is 1. The number of ketones is 1. The van der Waals surface area contributed by atoms with Gasteiger partial charge in [0.15, 0.2) is 5.78 Å². The molecular formula is C15H19N3O2. The van der Waals surface area contributed by atoms with Gasteiger partial charge in [0.2, 0.25) is 5.88 Å². The molecule has 5 nitrogen and oxygen atoms in total. The molecule has 0 spiro atoms. The first kappa shape index (κ1) is 14.2. The summed E-state index contributed by atoms with van der Waals surface area (Å²) in [7, 11) is 0. The topological polar surface area (TPSA) is 67.9 Å². The van der Waals surface area contributed by atoms with Gasteiger partial charge in [0, 0.05) is 6.20 Å². The molecule has 2 aromatic heterocycles. The minimum absolute atomic E-state index is 0.0345. The highest BCUT2D eigenvalue weighted by molar-refractivity contribution is 5.88. The Bertz CT molecular complexity index is 651. The van der Waals surface area contributed by atoms with Crippen molar-refractivity contribution < 1.29 is 9.53 Å². The normalized spacial score (nSPS) is 12.2. The number of H-pyrrole nitrogens is 1. The van der Waals surface area contributed by atoms with E-state index < -0.39 is 0 Å². The van der Waals surface area contributed by atoms with Crippen LogP contribution in [-0.2, 0) is 11.2 Å². The van der Waals surface area contributed by atoms with E-state index >= 15 is 0 Å². The molecule has 0 radical (unpaired) electrons. The van der Waals surface area contributed by atoms with Crippen molar-refractivity contribution >= 4 is 16.8 Å². The summed E-state index contributed by atoms with van der Waals surface area (Å²) in [5, 5.41) is 0.871. The van der Waals surface area contributed by atoms with Gasteiger partial charge in [-0.15, -0.1) is 0 Å². The fourth-order valence-corrected chi connectivity index (χ4v) is 1.88. The molecule has 0 amide bonds. The average molecular weight is 273 g/mol. The predicted octanol–water partition coefficient (Wildman–Crippen LogP) is 2.82. The van der Waals surface area contributed by atoms with E-state index in [9.17, 15) is 4.79 Å². The quantitative estimate of drug-likeness (QED) is 0.870. The molecule has 0 saturated heterocycles. The molecule has 2 heterocycles. The van der Waals surface area contributed by atoms with Gasteiger partial charge in [0.1, 0.15) is 17.6 Å². The van der Waals surface area contributed by atoms with Crippen LogP contribution in [0, 0.1) is 0 Å². The Balaban J connectivity index is 2.38. The number of ether oxygens (including phenoxy) is 1. The van der Waals surface area contributed by atoms with Crippen LogP contribution in [0.5, 0.6) is 5.88 Å². The highest BCUT2D eigenvalue weighted by atomic mass is 16.5. The van der Waals surface area contributed by atoms with Gasteiger partial charge in [-0.25, -0.2) is 9.97 Å². The molecule has 0 atom stereocenters. The summed E-state index contributed by atoms with van der Waals surface area (Å²) in [6.07, 6.45) is 7.38. The van der Waals surface area contributed by atoms with Crippen LogP contribution in [0.15, 0.2) is 24.7 Å². The third kappa shape index (κ3) is 3.44. The number of aromatic amines is 1. The second-order valence-corrected chi connectivity index (χ2v) is 5.65. The maximum atomic E-state index is 10.9. The second-order valence-electron chi connectivity index (χ2n) is 5.65. The molecule has 0 bridgehead atoms. The molecule has 20 heavy (non-hydrogen) atoms. The van der Waals surface area contributed by atoms with Gasteiger partial charge >= 0.3 is 0 Å². The maximum Gasteiger partial charge on any atom is 0.226 e. The molecule has 106 valence electrons. The van der Waals surface area contributed by atoms with Crippen molar-refractivity contribution in [3.05, 3.63) is 30.2 Å². The van der Waals surface area contributed by atoms with Crippen LogP contribution >= 0.6 is 0 Å². The van der Waals surface area contributed by atoms with E-state index in [2.05, 4.69) is 15.0 Å². The lowest BCUT2D eigenvalue weighted by molar-refractivity contribution is -0.112. The fourth-order valence-electron chi connectivity index (χ4n) is 1.88. The van der Waals surface area contributed by atoms with Crippen LogP contribution in [-0.4, -0.2) is 26.3 Å². The number of aromatic nitrogens is 3. The summed E-state index contributed by atoms with van der Waals surface area (Å²) < 4.78 is 5.88. The number of carbonyl (C=O) groups is 1. The maximum absolute atomic E-state index is 10.9. The lowest BCUT2D eigenvalue weighted by Gasteiger charge is -2.20. The Labute approximate surface area is 118 Å². The van der Waals surface area contributed by atoms with Crippen molar-refractivity contribution in [1.29, 1.82) is 0 Å². The van der Waals surface area contributed by atoms with E-state index in [1.54, 1.807) is 6.08 Å². The predicted molar refractivity (Wildman–Crippen MR) is 77.8 cm³/mol. The summed E-state index contributed by atoms with van der Waals surface area (Å²) >= 11 is 0. The van der Waals surface area contributed by atoms with E-state index in [-0.39, 0.29) is 11.4 Å². The first-order valence-electron chi connectivity index (χ1n) is 6.54. The van der Waals surface area contributed by atoms with Gasteiger partial charge in [-0.05, 0) is 45.8 Å². The van der Waals surface area contributed by atoms with Crippen LogP contribution in [0.1, 0.15) is 33.3 Å². The molecular weight excluding hydrogens is 254 g/mol. The first-order valence-corrected chi connectivity index (χ1v) is 6.54. The molecule has 0 aliphatic heterocycles. The number of hydrogen-bond acceptors (Lipinski definition) is 4. The van der Waals surface area contributed by atoms with Gasteiger partial charge in [0.05, 0.1) is 5.39 Å². The van der Waals surface area contributed by atoms with Gasteiger partial charge in [0.25, 0.3) is 0 Å². The Morgan fingerprint density at radius 1 is 1.40 bits per heavy atom. The molecule has 2 aromatic rings. The molecule has 0 fully saturated rings. The summed E-state index contributed by atoms with van der Waals surface area (Å²) in [4.78, 5) is 22.5. The lowest BCUT2D eigenvalue weighted by atomic mass is 10.1. The first-order chi connectivity index (χ1) is 9.37. The van der Waals surface area contributed by atoms with Gasteiger partial charge in [-0.2, -0.15) is 0 Å². The molecule has 0 unspecified atom stereocenters. The second kappa shape index (κ2) is 5.45. The number of carbonyl (C=O) groups excluding carboxylic acids is 1. The van der Waals surface area contributed by atoms with E-state index in [1.165, 1.54) is 13.3 Å². The molecule has 0 aliphatic carbocycles. The number of rotatable bonds is 4. The van der Waals surface area contributed by atoms with Crippen LogP contribution in [0.25, 0.3) is 11.0 Å². The molecule has 0 saturated carbocycles. The summed E-state index contributed by atoms with van der Waals surface area (Å²) in [6.45, 7) is 7.46. The van der Waals surface area contributed by atoms with Crippen molar-refractivity contribution in [2.75, 3.05) is 0 Å². The minimum Gasteiger partial charge on any atom is -0.471 e. The monoisotopic (exact) mass is 273 g/mol. The Kier molecular flexibility index (Phi) is 3.88. The summed E-state index contributed by atoms with van der Waals surface area (Å²) in [6, 6.07) is 0. The summed E-state index contributed by atoms with van der Waals surface area (Å²) in [5.74, 6) is 0.599. The minimum atomic E-state index is -0.328. The Morgan fingerprint density at radius 3 is 2.80 bits per heavy atom. The van der Waals surface area contributed by atoms with E-state index in [0.717, 1.165) is 16.6 Å². The number of hydrogen-bond donors (Lipinski definition) is 1. The largest absolute Gasteiger partial charge is 0.471 e. The van der Waals surface area contributed by atoms with Crippen LogP contribution in [0.4, 0.5) is 0 Å². The average Bonchev–Trinajstić information content (AvgIpc) is 2.71. The van der Waals surface area contributed by atoms with Crippen LogP contribution < -0.4 is 4.74 Å². The highest BCUT2D eigenvalue weighted by Gasteiger charge is 2.18. The Morgan fingerprint density at radius 2 is 2.15 bits per heavy atom. The zero-order valence-electron chi connectivity index (χ0n) is 12.2. The highest BCUT2D eigenvalue weighted by Crippen LogP contribution is 2.28. The molecule has 2 rings (SSSR count). The number of fused-ring (bicyclic) bond motifs is 1. The third-order valence-electron chi connectivity index (χ3n) is 2.61. The Hall–Kier alpha value is -2.17. The van der Waals surface area contributed by atoms with Crippen molar-refractivity contribution in [3.8, 4) is 5.88 Å². The van der Waals surface area contributed by atoms with E-state index in [1.807, 2.05) is 33.0 Å². The zero-order valence-corrected chi connectivity index (χ0v) is 12.2. The standard InChI is InChI=1S/C15H19N3O2/c1-10(19)6-5-7-11-8-16-13-12(11)14(18-9-17-13)20-15(2,3)4/h5-6,8-9H,7H2,1-4H3,(H,16,17,18)/b6-5+. The molecule has 5 heteroatoms. The van der Waals surface area contributed by atoms with E-state index in [0.29, 0.717) is 12.3 Å². The molecule has 0 aliphatic rings. The van der Waals surface area contributed by atoms with Crippen LogP contribution in [0.3, 0.4) is 0 Å². The number of allylic oxidation sites excluding steroid dienone is 2. The van der Waals surface area contributed by atoms with Crippen molar-refractivity contribution in [3.63, 3.8) is 0 Å². The smallest absolute Gasteiger partial charge is 0.226 e. The van der Waals surface area contributed by atoms with Crippen LogP contribution in [0.2, 0.25) is 0 Å². The third-order valence-corrected chi connectivity index (χ3v) is 2.61. The lowest BCUT2D eigenvalue weighted by Crippen LogP contribution is -2.23. The van der Waals surface area contributed by atoms with E-state index in [4.69, 9.17) is 4.74 Å². The molecule has 1 N–H and O–H groups in total. The molecule has 0 aromatic carbocycles. The van der Waals surface area contributed by atoms with Crippen molar-refractivity contribution in [2.24, 2.45) is 0 Å². The van der Waals surface area contributed by atoms with Gasteiger partial charge < -0.3 is 9.72 Å². The van der Waals surface area contributed by atoms with Gasteiger partial charge in [-0.1, -0.05) is 6.08 Å². The zero-order chi connectivity index (χ0) is 14.8. The SMILES string of the molecule is CC(=O)/C=C/Cc1c[nH]c2ncnc(OC(C)(C)C)c12. The number of nitrogens with zero attached hydrogens (tertiary/aromatic N) is 2.